The van der Waals surface area contributed by atoms with Crippen LogP contribution < -0.4 is 0 Å². The Bertz CT molecular complexity index is 489. The van der Waals surface area contributed by atoms with E-state index < -0.39 is 0 Å². The zero-order valence-corrected chi connectivity index (χ0v) is 23.2. The Morgan fingerprint density at radius 2 is 1.12 bits per heavy atom. The molecule has 0 aliphatic rings. The zero-order valence-electron chi connectivity index (χ0n) is 23.2. The summed E-state index contributed by atoms with van der Waals surface area (Å²) in [4.78, 5) is 0. The van der Waals surface area contributed by atoms with E-state index in [4.69, 9.17) is 9.47 Å². The lowest BCUT2D eigenvalue weighted by atomic mass is 10.0. The van der Waals surface area contributed by atoms with Gasteiger partial charge in [0.25, 0.3) is 0 Å². The van der Waals surface area contributed by atoms with Gasteiger partial charge in [0.1, 0.15) is 0 Å². The Morgan fingerprint density at radius 1 is 0.676 bits per heavy atom. The third-order valence-corrected chi connectivity index (χ3v) is 5.76. The molecule has 2 nitrogen and oxygen atoms in total. The Morgan fingerprint density at radius 3 is 1.56 bits per heavy atom. The summed E-state index contributed by atoms with van der Waals surface area (Å²) < 4.78 is 23.8. The van der Waals surface area contributed by atoms with Crippen LogP contribution in [0.2, 0.25) is 0 Å². The van der Waals surface area contributed by atoms with Crippen molar-refractivity contribution in [2.75, 3.05) is 19.9 Å². The van der Waals surface area contributed by atoms with Crippen LogP contribution in [0, 0.1) is 5.92 Å². The van der Waals surface area contributed by atoms with Crippen LogP contribution in [0.25, 0.3) is 0 Å². The second kappa shape index (κ2) is 26.7. The minimum Gasteiger partial charge on any atom is -0.379 e. The molecule has 0 radical (unpaired) electrons. The molecule has 1 rings (SSSR count). The van der Waals surface area contributed by atoms with E-state index in [-0.39, 0.29) is 12.8 Å². The van der Waals surface area contributed by atoms with Crippen molar-refractivity contribution < 1.29 is 13.9 Å². The topological polar surface area (TPSA) is 18.5 Å². The second-order valence-electron chi connectivity index (χ2n) is 10.3. The summed E-state index contributed by atoms with van der Waals surface area (Å²) in [6, 6.07) is 10.3. The van der Waals surface area contributed by atoms with Gasteiger partial charge in [-0.25, -0.2) is 0 Å². The van der Waals surface area contributed by atoms with Gasteiger partial charge < -0.3 is 9.47 Å². The number of hydrogen-bond acceptors (Lipinski definition) is 2. The summed E-state index contributed by atoms with van der Waals surface area (Å²) in [6.45, 7) is 10.8. The molecule has 1 aromatic rings. The van der Waals surface area contributed by atoms with Gasteiger partial charge in [-0.15, -0.1) is 0 Å². The van der Waals surface area contributed by atoms with E-state index in [9.17, 15) is 4.39 Å². The monoisotopic (exact) mass is 480 g/mol. The highest BCUT2D eigenvalue weighted by atomic mass is 19.1. The molecular formula is C31H57FO2. The number of halogens is 1. The minimum absolute atomic E-state index is 0.142. The van der Waals surface area contributed by atoms with Crippen LogP contribution in [-0.4, -0.2) is 26.0 Å². The van der Waals surface area contributed by atoms with Crippen molar-refractivity contribution in [1.82, 2.24) is 0 Å². The maximum atomic E-state index is 12.0. The van der Waals surface area contributed by atoms with Gasteiger partial charge in [-0.3, -0.25) is 4.39 Å². The molecule has 1 atom stereocenters. The van der Waals surface area contributed by atoms with Gasteiger partial charge in [0.15, 0.2) is 0 Å². The average Bonchev–Trinajstić information content (AvgIpc) is 2.83. The fourth-order valence-corrected chi connectivity index (χ4v) is 3.71. The third kappa shape index (κ3) is 25.7. The normalized spacial score (nSPS) is 11.9. The van der Waals surface area contributed by atoms with Gasteiger partial charge in [-0.05, 0) is 30.7 Å². The lowest BCUT2D eigenvalue weighted by molar-refractivity contribution is -0.0269. The van der Waals surface area contributed by atoms with Crippen LogP contribution in [-0.2, 0) is 16.1 Å². The van der Waals surface area contributed by atoms with Crippen LogP contribution in [0.5, 0.6) is 0 Å². The molecule has 0 aliphatic carbocycles. The van der Waals surface area contributed by atoms with E-state index in [0.29, 0.717) is 13.2 Å². The van der Waals surface area contributed by atoms with Crippen molar-refractivity contribution >= 4 is 0 Å². The fourth-order valence-electron chi connectivity index (χ4n) is 3.71. The van der Waals surface area contributed by atoms with E-state index in [1.165, 1.54) is 76.2 Å². The summed E-state index contributed by atoms with van der Waals surface area (Å²) in [5.41, 5.74) is 1.22. The third-order valence-electron chi connectivity index (χ3n) is 5.76. The van der Waals surface area contributed by atoms with E-state index in [0.717, 1.165) is 38.2 Å². The molecule has 0 amide bonds. The van der Waals surface area contributed by atoms with Crippen LogP contribution in [0.4, 0.5) is 4.39 Å². The van der Waals surface area contributed by atoms with Gasteiger partial charge >= 0.3 is 0 Å². The first-order valence-electron chi connectivity index (χ1n) is 14.4. The van der Waals surface area contributed by atoms with Crippen LogP contribution in [0.1, 0.15) is 130 Å². The first-order valence-corrected chi connectivity index (χ1v) is 14.4. The van der Waals surface area contributed by atoms with Crippen molar-refractivity contribution in [3.05, 3.63) is 35.9 Å². The fraction of sp³-hybridized carbons (Fsp3) is 0.806. The van der Waals surface area contributed by atoms with Crippen LogP contribution in [0.3, 0.4) is 0 Å². The van der Waals surface area contributed by atoms with E-state index in [1.807, 2.05) is 6.07 Å². The summed E-state index contributed by atoms with van der Waals surface area (Å²) in [7, 11) is 0. The van der Waals surface area contributed by atoms with Crippen molar-refractivity contribution in [3.8, 4) is 0 Å². The predicted molar refractivity (Wildman–Crippen MR) is 147 cm³/mol. The highest BCUT2D eigenvalue weighted by Crippen LogP contribution is 2.13. The molecule has 0 fully saturated rings. The van der Waals surface area contributed by atoms with Crippen LogP contribution in [0.15, 0.2) is 30.3 Å². The van der Waals surface area contributed by atoms with Gasteiger partial charge in [-0.2, -0.15) is 0 Å². The smallest absolute Gasteiger partial charge is 0.0894 e. The minimum atomic E-state index is -0.142. The number of benzene rings is 1. The molecule has 1 aromatic carbocycles. The first kappa shape index (κ1) is 33.1. The lowest BCUT2D eigenvalue weighted by Gasteiger charge is -2.16. The number of ether oxygens (including phenoxy) is 2. The number of unbranched alkanes of at least 4 members (excludes halogenated alkanes) is 13. The Hall–Kier alpha value is -0.930. The van der Waals surface area contributed by atoms with Gasteiger partial charge in [0.05, 0.1) is 26.0 Å². The van der Waals surface area contributed by atoms with Crippen molar-refractivity contribution in [3.63, 3.8) is 0 Å². The zero-order chi connectivity index (χ0) is 25.1. The predicted octanol–water partition coefficient (Wildman–Crippen LogP) is 10.1. The summed E-state index contributed by atoms with van der Waals surface area (Å²) in [6.07, 6.45) is 18.9. The van der Waals surface area contributed by atoms with Crippen LogP contribution >= 0.6 is 0 Å². The Labute approximate surface area is 212 Å². The summed E-state index contributed by atoms with van der Waals surface area (Å²) in [5.74, 6) is 0.833. The Balaban J connectivity index is 0.00000251. The summed E-state index contributed by atoms with van der Waals surface area (Å²) in [5, 5.41) is 0. The lowest BCUT2D eigenvalue weighted by Crippen LogP contribution is -2.19. The molecule has 0 aliphatic heterocycles. The number of hydrogen-bond donors (Lipinski definition) is 0. The highest BCUT2D eigenvalue weighted by Gasteiger charge is 2.07. The molecule has 3 heteroatoms. The first-order chi connectivity index (χ1) is 16.6. The SMILES string of the molecule is CC(C)C.CCC(COCCCCCCCCCCCCCCCCF)OCc1ccccc1. The molecular weight excluding hydrogens is 423 g/mol. The van der Waals surface area contributed by atoms with Gasteiger partial charge in [0, 0.05) is 6.61 Å². The number of alkyl halides is 1. The Kier molecular flexibility index (Phi) is 25.9. The van der Waals surface area contributed by atoms with E-state index in [1.54, 1.807) is 0 Å². The molecule has 34 heavy (non-hydrogen) atoms. The van der Waals surface area contributed by atoms with Crippen molar-refractivity contribution in [2.45, 2.75) is 137 Å². The van der Waals surface area contributed by atoms with Gasteiger partial charge in [0.2, 0.25) is 0 Å². The molecule has 0 spiro atoms. The quantitative estimate of drug-likeness (QED) is 0.154. The summed E-state index contributed by atoms with van der Waals surface area (Å²) >= 11 is 0. The maximum Gasteiger partial charge on any atom is 0.0894 e. The molecule has 0 saturated heterocycles. The molecule has 0 saturated carbocycles. The second-order valence-corrected chi connectivity index (χ2v) is 10.3. The largest absolute Gasteiger partial charge is 0.379 e. The molecule has 200 valence electrons. The van der Waals surface area contributed by atoms with Crippen molar-refractivity contribution in [2.24, 2.45) is 5.92 Å². The molecule has 1 unspecified atom stereocenters. The number of rotatable bonds is 22. The maximum absolute atomic E-state index is 12.0. The van der Waals surface area contributed by atoms with Crippen molar-refractivity contribution in [1.29, 1.82) is 0 Å². The molecule has 0 N–H and O–H groups in total. The molecule has 0 bridgehead atoms. The average molecular weight is 481 g/mol. The molecule has 0 heterocycles. The van der Waals surface area contributed by atoms with Gasteiger partial charge in [-0.1, -0.05) is 135 Å². The van der Waals surface area contributed by atoms with E-state index >= 15 is 0 Å². The highest BCUT2D eigenvalue weighted by molar-refractivity contribution is 5.13. The standard InChI is InChI=1S/C27H47FO2.C4H10/c1-2-27(30-24-26-20-16-15-17-21-26)25-29-23-19-14-12-10-8-6-4-3-5-7-9-11-13-18-22-28;1-4(2)3/h15-17,20-21,27H,2-14,18-19,22-25H2,1H3;4H,1-3H3. The van der Waals surface area contributed by atoms with E-state index in [2.05, 4.69) is 52.0 Å². The molecule has 0 aromatic heterocycles.